The van der Waals surface area contributed by atoms with Gasteiger partial charge in [0.2, 0.25) is 10.0 Å². The number of carbonyl (C=O) groups is 1. The van der Waals surface area contributed by atoms with E-state index in [0.717, 1.165) is 16.3 Å². The summed E-state index contributed by atoms with van der Waals surface area (Å²) in [5.41, 5.74) is 1.25. The summed E-state index contributed by atoms with van der Waals surface area (Å²) >= 11 is 1.46. The number of thiazole rings is 1. The molecule has 0 amide bonds. The smallest absolute Gasteiger partial charge is 0.338 e. The number of ether oxygens (including phenoxy) is 2. The molecule has 31 heavy (non-hydrogen) atoms. The molecule has 0 bridgehead atoms. The number of rotatable bonds is 7. The molecule has 2 aromatic carbocycles. The van der Waals surface area contributed by atoms with Crippen LogP contribution in [0.5, 0.6) is 5.75 Å². The van der Waals surface area contributed by atoms with Gasteiger partial charge in [-0.05, 0) is 69.3 Å². The van der Waals surface area contributed by atoms with Crippen LogP contribution in [0.15, 0.2) is 58.8 Å². The first kappa shape index (κ1) is 22.9. The third kappa shape index (κ3) is 6.13. The molecule has 164 valence electrons. The van der Waals surface area contributed by atoms with Crippen molar-refractivity contribution in [3.05, 3.63) is 65.2 Å². The van der Waals surface area contributed by atoms with Crippen molar-refractivity contribution in [2.45, 2.75) is 37.8 Å². The number of benzene rings is 2. The van der Waals surface area contributed by atoms with Gasteiger partial charge < -0.3 is 9.47 Å². The Balaban J connectivity index is 1.61. The van der Waals surface area contributed by atoms with E-state index in [0.29, 0.717) is 5.69 Å². The van der Waals surface area contributed by atoms with Crippen LogP contribution in [-0.2, 0) is 21.4 Å². The summed E-state index contributed by atoms with van der Waals surface area (Å²) in [5, 5.41) is 2.65. The van der Waals surface area contributed by atoms with Crippen LogP contribution in [-0.4, -0.2) is 32.0 Å². The summed E-state index contributed by atoms with van der Waals surface area (Å²) in [7, 11) is -2.05. The second kappa shape index (κ2) is 9.17. The molecule has 0 radical (unpaired) electrons. The highest BCUT2D eigenvalue weighted by molar-refractivity contribution is 7.89. The minimum atomic E-state index is -3.66. The van der Waals surface area contributed by atoms with E-state index in [2.05, 4.69) is 9.71 Å². The maximum Gasteiger partial charge on any atom is 0.338 e. The maximum atomic E-state index is 12.4. The zero-order valence-electron chi connectivity index (χ0n) is 17.7. The van der Waals surface area contributed by atoms with E-state index in [1.54, 1.807) is 27.9 Å². The molecule has 1 heterocycles. The first-order valence-electron chi connectivity index (χ1n) is 9.47. The molecule has 0 aliphatic rings. The topological polar surface area (TPSA) is 94.6 Å². The molecular formula is C22H24N2O5S2. The predicted molar refractivity (Wildman–Crippen MR) is 120 cm³/mol. The molecule has 3 aromatic rings. The molecule has 7 nitrogen and oxygen atoms in total. The highest BCUT2D eigenvalue weighted by atomic mass is 32.2. The summed E-state index contributed by atoms with van der Waals surface area (Å²) in [6.45, 7) is 5.30. The minimum Gasteiger partial charge on any atom is -0.497 e. The number of nitrogens with zero attached hydrogens (tertiary/aromatic N) is 1. The Morgan fingerprint density at radius 1 is 1.06 bits per heavy atom. The molecule has 1 aromatic heterocycles. The van der Waals surface area contributed by atoms with E-state index >= 15 is 0 Å². The van der Waals surface area contributed by atoms with Crippen molar-refractivity contribution in [3.8, 4) is 16.3 Å². The number of carbonyl (C=O) groups excluding carboxylic acids is 1. The van der Waals surface area contributed by atoms with E-state index in [1.165, 1.54) is 35.6 Å². The summed E-state index contributed by atoms with van der Waals surface area (Å²) in [6.07, 6.45) is 0. The average molecular weight is 461 g/mol. The molecule has 1 N–H and O–H groups in total. The zero-order chi connectivity index (χ0) is 22.6. The van der Waals surface area contributed by atoms with Crippen LogP contribution < -0.4 is 9.46 Å². The van der Waals surface area contributed by atoms with Gasteiger partial charge >= 0.3 is 5.97 Å². The van der Waals surface area contributed by atoms with Gasteiger partial charge in [0.1, 0.15) is 17.4 Å². The van der Waals surface area contributed by atoms with Gasteiger partial charge in [-0.3, -0.25) is 0 Å². The number of hydrogen-bond acceptors (Lipinski definition) is 7. The number of esters is 1. The van der Waals surface area contributed by atoms with Gasteiger partial charge in [-0.2, -0.15) is 0 Å². The Kier molecular flexibility index (Phi) is 6.78. The molecule has 0 unspecified atom stereocenters. The molecule has 0 aliphatic carbocycles. The Morgan fingerprint density at radius 3 is 2.29 bits per heavy atom. The van der Waals surface area contributed by atoms with E-state index in [-0.39, 0.29) is 17.1 Å². The van der Waals surface area contributed by atoms with E-state index in [1.807, 2.05) is 29.6 Å². The van der Waals surface area contributed by atoms with E-state index in [9.17, 15) is 13.2 Å². The Morgan fingerprint density at radius 2 is 1.71 bits per heavy atom. The SMILES string of the molecule is COc1ccc(-c2nc(COC(=O)c3ccc(S(=O)(=O)NC(C)(C)C)cc3)cs2)cc1. The number of hydrogen-bond donors (Lipinski definition) is 1. The molecular weight excluding hydrogens is 436 g/mol. The maximum absolute atomic E-state index is 12.4. The minimum absolute atomic E-state index is 0.0249. The molecule has 9 heteroatoms. The fourth-order valence-electron chi connectivity index (χ4n) is 2.69. The highest BCUT2D eigenvalue weighted by Crippen LogP contribution is 2.26. The van der Waals surface area contributed by atoms with Crippen molar-refractivity contribution in [1.29, 1.82) is 0 Å². The standard InChI is InChI=1S/C22H24N2O5S2/c1-22(2,3)24-31(26,27)19-11-7-16(8-12-19)21(25)29-13-17-14-30-20(23-17)15-5-9-18(28-4)10-6-15/h5-12,14,24H,13H2,1-4H3. The lowest BCUT2D eigenvalue weighted by Gasteiger charge is -2.20. The van der Waals surface area contributed by atoms with Crippen LogP contribution in [0, 0.1) is 0 Å². The largest absolute Gasteiger partial charge is 0.497 e. The van der Waals surface area contributed by atoms with Crippen molar-refractivity contribution < 1.29 is 22.7 Å². The first-order chi connectivity index (χ1) is 14.6. The summed E-state index contributed by atoms with van der Waals surface area (Å²) in [4.78, 5) is 16.9. The fraction of sp³-hybridized carbons (Fsp3) is 0.273. The third-order valence-corrected chi connectivity index (χ3v) is 6.79. The molecule has 3 rings (SSSR count). The number of nitrogens with one attached hydrogen (secondary N) is 1. The molecule has 0 spiro atoms. The van der Waals surface area contributed by atoms with Gasteiger partial charge in [0.05, 0.1) is 23.3 Å². The van der Waals surface area contributed by atoms with Gasteiger partial charge in [-0.1, -0.05) is 0 Å². The van der Waals surface area contributed by atoms with Crippen LogP contribution in [0.4, 0.5) is 0 Å². The van der Waals surface area contributed by atoms with Crippen LogP contribution in [0.25, 0.3) is 10.6 Å². The zero-order valence-corrected chi connectivity index (χ0v) is 19.3. The van der Waals surface area contributed by atoms with Crippen molar-refractivity contribution >= 4 is 27.3 Å². The van der Waals surface area contributed by atoms with Gasteiger partial charge in [0, 0.05) is 16.5 Å². The molecule has 0 aliphatic heterocycles. The quantitative estimate of drug-likeness (QED) is 0.530. The average Bonchev–Trinajstić information content (AvgIpc) is 3.19. The predicted octanol–water partition coefficient (Wildman–Crippen LogP) is 4.25. The summed E-state index contributed by atoms with van der Waals surface area (Å²) in [6, 6.07) is 13.2. The van der Waals surface area contributed by atoms with Gasteiger partial charge in [-0.25, -0.2) is 22.9 Å². The van der Waals surface area contributed by atoms with Crippen molar-refractivity contribution in [3.63, 3.8) is 0 Å². The van der Waals surface area contributed by atoms with Crippen molar-refractivity contribution in [1.82, 2.24) is 9.71 Å². The summed E-state index contributed by atoms with van der Waals surface area (Å²) < 4.78 is 37.8. The van der Waals surface area contributed by atoms with Gasteiger partial charge in [0.15, 0.2) is 0 Å². The Hall–Kier alpha value is -2.75. The second-order valence-electron chi connectivity index (χ2n) is 7.83. The van der Waals surface area contributed by atoms with Crippen molar-refractivity contribution in [2.24, 2.45) is 0 Å². The number of methoxy groups -OCH3 is 1. The molecule has 0 saturated heterocycles. The highest BCUT2D eigenvalue weighted by Gasteiger charge is 2.22. The number of sulfonamides is 1. The van der Waals surface area contributed by atoms with E-state index in [4.69, 9.17) is 9.47 Å². The van der Waals surface area contributed by atoms with Crippen LogP contribution in [0.3, 0.4) is 0 Å². The van der Waals surface area contributed by atoms with Crippen LogP contribution in [0.1, 0.15) is 36.8 Å². The fourth-order valence-corrected chi connectivity index (χ4v) is 4.92. The molecule has 0 saturated carbocycles. The molecule has 0 atom stereocenters. The van der Waals surface area contributed by atoms with Gasteiger partial charge in [0.25, 0.3) is 0 Å². The monoisotopic (exact) mass is 460 g/mol. The first-order valence-corrected chi connectivity index (χ1v) is 11.8. The van der Waals surface area contributed by atoms with E-state index < -0.39 is 21.5 Å². The van der Waals surface area contributed by atoms with Crippen LogP contribution >= 0.6 is 11.3 Å². The molecule has 0 fully saturated rings. The Bertz CT molecular complexity index is 1150. The van der Waals surface area contributed by atoms with Crippen molar-refractivity contribution in [2.75, 3.05) is 7.11 Å². The van der Waals surface area contributed by atoms with Gasteiger partial charge in [-0.15, -0.1) is 11.3 Å². The number of aromatic nitrogens is 1. The second-order valence-corrected chi connectivity index (χ2v) is 10.4. The lowest BCUT2D eigenvalue weighted by Crippen LogP contribution is -2.40. The third-order valence-electron chi connectivity index (χ3n) is 4.08. The Labute approximate surface area is 186 Å². The van der Waals surface area contributed by atoms with Crippen LogP contribution in [0.2, 0.25) is 0 Å². The summed E-state index contributed by atoms with van der Waals surface area (Å²) in [5.74, 6) is 0.217. The lowest BCUT2D eigenvalue weighted by atomic mass is 10.1. The lowest BCUT2D eigenvalue weighted by molar-refractivity contribution is 0.0468. The normalized spacial score (nSPS) is 11.9.